The Bertz CT molecular complexity index is 319. The zero-order valence-corrected chi connectivity index (χ0v) is 10.2. The summed E-state index contributed by atoms with van der Waals surface area (Å²) in [5.74, 6) is 0.304. The van der Waals surface area contributed by atoms with E-state index in [4.69, 9.17) is 34.8 Å². The summed E-state index contributed by atoms with van der Waals surface area (Å²) < 4.78 is -1.28. The molecule has 1 rings (SSSR count). The number of hydrogen-bond donors (Lipinski definition) is 1. The third kappa shape index (κ3) is 3.23. The lowest BCUT2D eigenvalue weighted by atomic mass is 10.0. The molecule has 0 aliphatic carbocycles. The molecular weight excluding hydrogens is 242 g/mol. The number of alkyl halides is 3. The van der Waals surface area contributed by atoms with Crippen molar-refractivity contribution in [2.75, 3.05) is 0 Å². The van der Waals surface area contributed by atoms with E-state index in [9.17, 15) is 5.11 Å². The van der Waals surface area contributed by atoms with Gasteiger partial charge in [-0.2, -0.15) is 0 Å². The smallest absolute Gasteiger partial charge is 0.194 e. The predicted octanol–water partition coefficient (Wildman–Crippen LogP) is 3.92. The van der Waals surface area contributed by atoms with Gasteiger partial charge >= 0.3 is 0 Å². The molecule has 14 heavy (non-hydrogen) atoms. The lowest BCUT2D eigenvalue weighted by Gasteiger charge is -2.12. The zero-order valence-electron chi connectivity index (χ0n) is 7.94. The predicted molar refractivity (Wildman–Crippen MR) is 61.6 cm³/mol. The van der Waals surface area contributed by atoms with Crippen molar-refractivity contribution >= 4 is 34.8 Å². The molecule has 78 valence electrons. The van der Waals surface area contributed by atoms with Crippen molar-refractivity contribution in [2.24, 2.45) is 0 Å². The number of hydrogen-bond acceptors (Lipinski definition) is 1. The highest BCUT2D eigenvalue weighted by Gasteiger charge is 2.20. The topological polar surface area (TPSA) is 20.2 Å². The Morgan fingerprint density at radius 3 is 1.93 bits per heavy atom. The maximum absolute atomic E-state index is 9.53. The molecule has 1 N–H and O–H groups in total. The first kappa shape index (κ1) is 12.0. The van der Waals surface area contributed by atoms with Crippen LogP contribution in [-0.4, -0.2) is 8.90 Å². The summed E-state index contributed by atoms with van der Waals surface area (Å²) in [6.07, 6.45) is 0.347. The summed E-state index contributed by atoms with van der Waals surface area (Å²) in [6.45, 7) is 3.65. The van der Waals surface area contributed by atoms with Crippen LogP contribution in [0.25, 0.3) is 0 Å². The minimum absolute atomic E-state index is 0.304. The van der Waals surface area contributed by atoms with E-state index in [0.717, 1.165) is 16.7 Å². The minimum Gasteiger partial charge on any atom is -0.507 e. The number of benzene rings is 1. The van der Waals surface area contributed by atoms with Crippen LogP contribution in [0.2, 0.25) is 0 Å². The maximum Gasteiger partial charge on any atom is 0.194 e. The minimum atomic E-state index is -1.28. The van der Waals surface area contributed by atoms with Crippen LogP contribution < -0.4 is 0 Å². The van der Waals surface area contributed by atoms with Gasteiger partial charge in [0.1, 0.15) is 5.75 Å². The van der Waals surface area contributed by atoms with Gasteiger partial charge in [-0.1, -0.05) is 46.9 Å². The number of rotatable bonds is 1. The number of phenols is 1. The van der Waals surface area contributed by atoms with Crippen molar-refractivity contribution in [1.29, 1.82) is 0 Å². The first-order chi connectivity index (χ1) is 6.29. The van der Waals surface area contributed by atoms with Gasteiger partial charge in [-0.05, 0) is 30.5 Å². The van der Waals surface area contributed by atoms with Crippen LogP contribution >= 0.6 is 34.8 Å². The molecule has 0 amide bonds. The van der Waals surface area contributed by atoms with E-state index in [1.165, 1.54) is 0 Å². The average molecular weight is 254 g/mol. The molecule has 1 aromatic carbocycles. The third-order valence-electron chi connectivity index (χ3n) is 1.96. The first-order valence-electron chi connectivity index (χ1n) is 4.15. The molecule has 1 nitrogen and oxygen atoms in total. The highest BCUT2D eigenvalue weighted by Crippen LogP contribution is 2.32. The van der Waals surface area contributed by atoms with Gasteiger partial charge < -0.3 is 5.11 Å². The van der Waals surface area contributed by atoms with E-state index in [0.29, 0.717) is 12.2 Å². The highest BCUT2D eigenvalue weighted by atomic mass is 35.6. The van der Waals surface area contributed by atoms with E-state index < -0.39 is 3.79 Å². The molecule has 0 saturated carbocycles. The summed E-state index contributed by atoms with van der Waals surface area (Å²) in [5.41, 5.74) is 2.52. The molecule has 0 saturated heterocycles. The molecule has 0 aliphatic heterocycles. The van der Waals surface area contributed by atoms with Crippen molar-refractivity contribution in [3.8, 4) is 5.75 Å². The van der Waals surface area contributed by atoms with Crippen molar-refractivity contribution in [1.82, 2.24) is 0 Å². The monoisotopic (exact) mass is 252 g/mol. The van der Waals surface area contributed by atoms with Crippen LogP contribution in [0, 0.1) is 13.8 Å². The second-order valence-corrected chi connectivity index (χ2v) is 5.89. The van der Waals surface area contributed by atoms with E-state index in [1.807, 2.05) is 26.0 Å². The molecule has 0 spiro atoms. The summed E-state index contributed by atoms with van der Waals surface area (Å²) in [7, 11) is 0. The second kappa shape index (κ2) is 4.18. The third-order valence-corrected chi connectivity index (χ3v) is 2.36. The Balaban J connectivity index is 3.02. The quantitative estimate of drug-likeness (QED) is 0.752. The molecule has 0 atom stereocenters. The van der Waals surface area contributed by atoms with Crippen molar-refractivity contribution in [3.05, 3.63) is 28.8 Å². The Hall–Kier alpha value is -0.110. The van der Waals surface area contributed by atoms with E-state index in [-0.39, 0.29) is 0 Å². The van der Waals surface area contributed by atoms with Gasteiger partial charge in [-0.3, -0.25) is 0 Å². The van der Waals surface area contributed by atoms with Crippen molar-refractivity contribution in [2.45, 2.75) is 24.1 Å². The molecule has 0 unspecified atom stereocenters. The molecule has 1 aromatic rings. The average Bonchev–Trinajstić information content (AvgIpc) is 1.96. The van der Waals surface area contributed by atoms with E-state index >= 15 is 0 Å². The van der Waals surface area contributed by atoms with Gasteiger partial charge in [0, 0.05) is 6.42 Å². The Morgan fingerprint density at radius 1 is 1.14 bits per heavy atom. The van der Waals surface area contributed by atoms with Crippen LogP contribution in [0.3, 0.4) is 0 Å². The van der Waals surface area contributed by atoms with Gasteiger partial charge in [0.05, 0.1) is 0 Å². The van der Waals surface area contributed by atoms with Gasteiger partial charge in [0.2, 0.25) is 0 Å². The highest BCUT2D eigenvalue weighted by molar-refractivity contribution is 6.67. The van der Waals surface area contributed by atoms with Crippen molar-refractivity contribution in [3.63, 3.8) is 0 Å². The standard InChI is InChI=1S/C10H11Cl3O/c1-6-3-8(5-10(11,12)13)4-7(2)9(6)14/h3-4,14H,5H2,1-2H3. The summed E-state index contributed by atoms with van der Waals surface area (Å²) in [6, 6.07) is 3.65. The van der Waals surface area contributed by atoms with E-state index in [2.05, 4.69) is 0 Å². The second-order valence-electron chi connectivity index (χ2n) is 3.37. The van der Waals surface area contributed by atoms with Crippen LogP contribution in [0.4, 0.5) is 0 Å². The van der Waals surface area contributed by atoms with Gasteiger partial charge in [0.15, 0.2) is 3.79 Å². The molecule has 0 aliphatic rings. The number of aromatic hydroxyl groups is 1. The van der Waals surface area contributed by atoms with Crippen LogP contribution in [0.15, 0.2) is 12.1 Å². The fraction of sp³-hybridized carbons (Fsp3) is 0.400. The molecule has 0 radical (unpaired) electrons. The van der Waals surface area contributed by atoms with Gasteiger partial charge in [-0.25, -0.2) is 0 Å². The molecule has 0 bridgehead atoms. The lowest BCUT2D eigenvalue weighted by molar-refractivity contribution is 0.466. The van der Waals surface area contributed by atoms with Gasteiger partial charge in [0.25, 0.3) is 0 Å². The molecule has 0 aromatic heterocycles. The molecule has 0 heterocycles. The maximum atomic E-state index is 9.53. The number of phenolic OH excluding ortho intramolecular Hbond substituents is 1. The summed E-state index contributed by atoms with van der Waals surface area (Å²) in [5, 5.41) is 9.53. The molecule has 4 heteroatoms. The normalized spacial score (nSPS) is 11.8. The Morgan fingerprint density at radius 2 is 1.57 bits per heavy atom. The molecule has 0 fully saturated rings. The first-order valence-corrected chi connectivity index (χ1v) is 5.29. The van der Waals surface area contributed by atoms with Crippen LogP contribution in [0.1, 0.15) is 16.7 Å². The largest absolute Gasteiger partial charge is 0.507 e. The number of halogens is 3. The fourth-order valence-corrected chi connectivity index (χ4v) is 1.84. The molecular formula is C10H11Cl3O. The SMILES string of the molecule is Cc1cc(CC(Cl)(Cl)Cl)cc(C)c1O. The zero-order chi connectivity index (χ0) is 10.9. The van der Waals surface area contributed by atoms with Gasteiger partial charge in [-0.15, -0.1) is 0 Å². The van der Waals surface area contributed by atoms with E-state index in [1.54, 1.807) is 0 Å². The van der Waals surface area contributed by atoms with Crippen molar-refractivity contribution < 1.29 is 5.11 Å². The summed E-state index contributed by atoms with van der Waals surface area (Å²) >= 11 is 17.0. The fourth-order valence-electron chi connectivity index (χ4n) is 1.38. The Kier molecular flexibility index (Phi) is 3.57. The summed E-state index contributed by atoms with van der Waals surface area (Å²) in [4.78, 5) is 0. The lowest BCUT2D eigenvalue weighted by Crippen LogP contribution is -2.07. The number of aryl methyl sites for hydroxylation is 2. The van der Waals surface area contributed by atoms with Crippen LogP contribution in [-0.2, 0) is 6.42 Å². The van der Waals surface area contributed by atoms with Crippen LogP contribution in [0.5, 0.6) is 5.75 Å². The Labute approximate surface area is 98.6 Å².